The Kier molecular flexibility index (Phi) is 11.6. The van der Waals surface area contributed by atoms with Gasteiger partial charge in [-0.3, -0.25) is 9.59 Å². The van der Waals surface area contributed by atoms with Gasteiger partial charge < -0.3 is 0 Å². The Bertz CT molecular complexity index is 808. The number of carbonyl (C=O) groups is 2. The van der Waals surface area contributed by atoms with Gasteiger partial charge in [-0.25, -0.2) is 0 Å². The summed E-state index contributed by atoms with van der Waals surface area (Å²) >= 11 is 0. The van der Waals surface area contributed by atoms with Crippen LogP contribution in [0.5, 0.6) is 0 Å². The van der Waals surface area contributed by atoms with Gasteiger partial charge in [0.05, 0.1) is 0 Å². The van der Waals surface area contributed by atoms with Gasteiger partial charge in [-0.05, 0) is 26.8 Å². The highest BCUT2D eigenvalue weighted by Gasteiger charge is 2.09. The van der Waals surface area contributed by atoms with E-state index in [0.29, 0.717) is 38.3 Å². The number of carbonyl (C=O) groups excluding carboxylic acids is 2. The minimum Gasteiger partial charge on any atom is -0.299 e. The molecule has 0 amide bonds. The molecule has 1 N–H and O–H groups in total. The van der Waals surface area contributed by atoms with Gasteiger partial charge in [0.1, 0.15) is 11.6 Å². The summed E-state index contributed by atoms with van der Waals surface area (Å²) in [6, 6.07) is 15.6. The first kappa shape index (κ1) is 24.6. The van der Waals surface area contributed by atoms with Crippen molar-refractivity contribution in [2.45, 2.75) is 46.0 Å². The molecular formula is C24H30O4P+. The summed E-state index contributed by atoms with van der Waals surface area (Å²) in [5.74, 6) is 0.512. The highest BCUT2D eigenvalue weighted by Crippen LogP contribution is 2.16. The summed E-state index contributed by atoms with van der Waals surface area (Å²) < 4.78 is 10.5. The zero-order chi connectivity index (χ0) is 21.6. The molecule has 29 heavy (non-hydrogen) atoms. The zero-order valence-electron chi connectivity index (χ0n) is 17.3. The maximum Gasteiger partial charge on any atom is 0.505 e. The Balaban J connectivity index is 0.000000296. The average molecular weight is 413 g/mol. The molecule has 0 fully saturated rings. The van der Waals surface area contributed by atoms with Crippen LogP contribution in [0.2, 0.25) is 0 Å². The highest BCUT2D eigenvalue weighted by atomic mass is 31.1. The quantitative estimate of drug-likeness (QED) is 0.534. The van der Waals surface area contributed by atoms with Gasteiger partial charge in [-0.15, -0.1) is 0 Å². The van der Waals surface area contributed by atoms with Crippen LogP contribution in [0.25, 0.3) is 6.08 Å². The number of aryl methyl sites for hydroxylation is 1. The molecule has 2 aromatic carbocycles. The van der Waals surface area contributed by atoms with Gasteiger partial charge in [0, 0.05) is 32.1 Å². The van der Waals surface area contributed by atoms with Crippen molar-refractivity contribution in [3.05, 3.63) is 77.4 Å². The van der Waals surface area contributed by atoms with Gasteiger partial charge in [-0.1, -0.05) is 75.0 Å². The standard InChI is InChI=1S/C12H15O3P.C12H14O/c1-2-12(13)9-11-5-3-10(4-6-11)7-8-16(14)15;1-3-10-5-7-11(8-6-10)9-12(13)4-2/h3-6H,2,7-9H2,1H3;3,5-8H,1,4,9H2,2H3/p+1. The Morgan fingerprint density at radius 3 is 1.66 bits per heavy atom. The van der Waals surface area contributed by atoms with E-state index in [0.717, 1.165) is 22.3 Å². The summed E-state index contributed by atoms with van der Waals surface area (Å²) in [4.78, 5) is 31.0. The molecule has 0 aliphatic rings. The van der Waals surface area contributed by atoms with Crippen molar-refractivity contribution in [3.8, 4) is 0 Å². The van der Waals surface area contributed by atoms with Crippen molar-refractivity contribution in [2.75, 3.05) is 6.16 Å². The fourth-order valence-electron chi connectivity index (χ4n) is 2.53. The Labute approximate surface area is 174 Å². The Morgan fingerprint density at radius 1 is 0.862 bits per heavy atom. The van der Waals surface area contributed by atoms with Crippen LogP contribution in [0, 0.1) is 0 Å². The molecule has 0 aliphatic carbocycles. The third-order valence-corrected chi connectivity index (χ3v) is 5.03. The van der Waals surface area contributed by atoms with Crippen LogP contribution in [-0.4, -0.2) is 22.6 Å². The van der Waals surface area contributed by atoms with Crippen LogP contribution in [-0.2, 0) is 33.4 Å². The third kappa shape index (κ3) is 10.6. The first-order chi connectivity index (χ1) is 13.9. The summed E-state index contributed by atoms with van der Waals surface area (Å²) in [6.45, 7) is 7.42. The van der Waals surface area contributed by atoms with Crippen molar-refractivity contribution >= 4 is 25.7 Å². The van der Waals surface area contributed by atoms with E-state index in [1.165, 1.54) is 0 Å². The highest BCUT2D eigenvalue weighted by molar-refractivity contribution is 7.37. The second kappa shape index (κ2) is 13.7. The zero-order valence-corrected chi connectivity index (χ0v) is 18.2. The smallest absolute Gasteiger partial charge is 0.299 e. The minimum atomic E-state index is -2.05. The summed E-state index contributed by atoms with van der Waals surface area (Å²) in [5, 5.41) is 0. The molecule has 2 rings (SSSR count). The SMILES string of the molecule is C=Cc1ccc(CC(=O)CC)cc1.CCC(=O)Cc1ccc(CC[P+](=O)O)cc1. The number of benzene rings is 2. The molecule has 1 unspecified atom stereocenters. The number of rotatable bonds is 10. The predicted octanol–water partition coefficient (Wildman–Crippen LogP) is 5.34. The van der Waals surface area contributed by atoms with Gasteiger partial charge in [0.15, 0.2) is 6.16 Å². The van der Waals surface area contributed by atoms with Crippen LogP contribution in [0.4, 0.5) is 0 Å². The van der Waals surface area contributed by atoms with E-state index in [2.05, 4.69) is 6.58 Å². The van der Waals surface area contributed by atoms with E-state index in [-0.39, 0.29) is 11.6 Å². The largest absolute Gasteiger partial charge is 0.505 e. The monoisotopic (exact) mass is 413 g/mol. The molecule has 0 saturated carbocycles. The van der Waals surface area contributed by atoms with E-state index in [4.69, 9.17) is 4.89 Å². The van der Waals surface area contributed by atoms with Gasteiger partial charge in [0.25, 0.3) is 0 Å². The summed E-state index contributed by atoms with van der Waals surface area (Å²) in [7, 11) is -2.05. The molecule has 0 saturated heterocycles. The van der Waals surface area contributed by atoms with Gasteiger partial charge in [-0.2, -0.15) is 4.89 Å². The van der Waals surface area contributed by atoms with Crippen molar-refractivity contribution in [1.82, 2.24) is 0 Å². The second-order valence-corrected chi connectivity index (χ2v) is 7.88. The first-order valence-corrected chi connectivity index (χ1v) is 11.2. The molecular weight excluding hydrogens is 383 g/mol. The maximum atomic E-state index is 11.2. The van der Waals surface area contributed by atoms with Gasteiger partial charge >= 0.3 is 8.03 Å². The van der Waals surface area contributed by atoms with Crippen LogP contribution >= 0.6 is 8.03 Å². The molecule has 1 atom stereocenters. The fraction of sp³-hybridized carbons (Fsp3) is 0.333. The fourth-order valence-corrected chi connectivity index (χ4v) is 2.97. The first-order valence-electron chi connectivity index (χ1n) is 9.84. The molecule has 0 bridgehead atoms. The molecule has 2 aromatic rings. The van der Waals surface area contributed by atoms with Crippen molar-refractivity contribution in [2.24, 2.45) is 0 Å². The molecule has 0 heterocycles. The number of hydrogen-bond donors (Lipinski definition) is 1. The predicted molar refractivity (Wildman–Crippen MR) is 119 cm³/mol. The lowest BCUT2D eigenvalue weighted by molar-refractivity contribution is -0.118. The molecule has 0 aromatic heterocycles. The lowest BCUT2D eigenvalue weighted by Gasteiger charge is -2.00. The Hall–Kier alpha value is -2.42. The minimum absolute atomic E-state index is 0.228. The van der Waals surface area contributed by atoms with Crippen LogP contribution in [0.3, 0.4) is 0 Å². The molecule has 5 heteroatoms. The van der Waals surface area contributed by atoms with Gasteiger partial charge in [0.2, 0.25) is 0 Å². The van der Waals surface area contributed by atoms with Crippen molar-refractivity contribution < 1.29 is 19.0 Å². The molecule has 0 aliphatic heterocycles. The van der Waals surface area contributed by atoms with Crippen LogP contribution in [0.15, 0.2) is 55.1 Å². The van der Waals surface area contributed by atoms with E-state index < -0.39 is 8.03 Å². The molecule has 0 radical (unpaired) electrons. The van der Waals surface area contributed by atoms with Crippen molar-refractivity contribution in [3.63, 3.8) is 0 Å². The number of Topliss-reactive ketones (excluding diaryl/α,β-unsaturated/α-hetero) is 2. The molecule has 154 valence electrons. The van der Waals surface area contributed by atoms with E-state index in [1.807, 2.05) is 62.4 Å². The third-order valence-electron chi connectivity index (χ3n) is 4.42. The van der Waals surface area contributed by atoms with Crippen LogP contribution in [0.1, 0.15) is 48.9 Å². The van der Waals surface area contributed by atoms with E-state index >= 15 is 0 Å². The van der Waals surface area contributed by atoms with E-state index in [9.17, 15) is 14.2 Å². The van der Waals surface area contributed by atoms with Crippen molar-refractivity contribution in [1.29, 1.82) is 0 Å². The normalized spacial score (nSPS) is 10.5. The number of ketones is 2. The summed E-state index contributed by atoms with van der Waals surface area (Å²) in [5.41, 5.74) is 4.21. The molecule has 4 nitrogen and oxygen atoms in total. The topological polar surface area (TPSA) is 71.4 Å². The molecule has 0 spiro atoms. The Morgan fingerprint density at radius 2 is 1.28 bits per heavy atom. The maximum absolute atomic E-state index is 11.2. The summed E-state index contributed by atoms with van der Waals surface area (Å²) in [6.07, 6.45) is 4.90. The van der Waals surface area contributed by atoms with Crippen LogP contribution < -0.4 is 0 Å². The van der Waals surface area contributed by atoms with E-state index in [1.54, 1.807) is 6.08 Å². The lowest BCUT2D eigenvalue weighted by atomic mass is 10.0. The number of hydrogen-bond acceptors (Lipinski definition) is 3. The second-order valence-electron chi connectivity index (χ2n) is 6.73. The lowest BCUT2D eigenvalue weighted by Crippen LogP contribution is -2.00. The average Bonchev–Trinajstić information content (AvgIpc) is 2.74.